The summed E-state index contributed by atoms with van der Waals surface area (Å²) in [6.07, 6.45) is 5.40. The maximum Gasteiger partial charge on any atom is 0.236 e. The molecule has 2 saturated heterocycles. The van der Waals surface area contributed by atoms with Crippen molar-refractivity contribution in [3.63, 3.8) is 0 Å². The van der Waals surface area contributed by atoms with Crippen LogP contribution < -0.4 is 5.32 Å². The third kappa shape index (κ3) is 4.67. The van der Waals surface area contributed by atoms with Crippen LogP contribution in [0, 0.1) is 0 Å². The minimum Gasteiger partial charge on any atom is -0.342 e. The summed E-state index contributed by atoms with van der Waals surface area (Å²) >= 11 is 1.56. The molecular weight excluding hydrogens is 372 g/mol. The van der Waals surface area contributed by atoms with E-state index in [0.29, 0.717) is 12.5 Å². The number of hydrogen-bond acceptors (Lipinski definition) is 7. The third-order valence-corrected chi connectivity index (χ3v) is 6.50. The van der Waals surface area contributed by atoms with E-state index in [-0.39, 0.29) is 5.91 Å². The van der Waals surface area contributed by atoms with Crippen LogP contribution in [-0.4, -0.2) is 63.6 Å². The SMILES string of the molecule is CCc1nnc(Nc2cccc([C@H]3CCCN(CC(=O)N4CCCC4)C3)n2)s1. The highest BCUT2D eigenvalue weighted by Gasteiger charge is 2.26. The van der Waals surface area contributed by atoms with Gasteiger partial charge in [0.2, 0.25) is 11.0 Å². The van der Waals surface area contributed by atoms with Gasteiger partial charge in [-0.15, -0.1) is 10.2 Å². The zero-order valence-electron chi connectivity index (χ0n) is 16.4. The van der Waals surface area contributed by atoms with Gasteiger partial charge in [-0.2, -0.15) is 0 Å². The molecular formula is C20H28N6OS. The molecule has 2 fully saturated rings. The van der Waals surface area contributed by atoms with Crippen molar-refractivity contribution in [3.8, 4) is 0 Å². The summed E-state index contributed by atoms with van der Waals surface area (Å²) in [5, 5.41) is 13.4. The van der Waals surface area contributed by atoms with E-state index in [1.165, 1.54) is 0 Å². The van der Waals surface area contributed by atoms with E-state index in [0.717, 1.165) is 79.9 Å². The highest BCUT2D eigenvalue weighted by molar-refractivity contribution is 7.15. The van der Waals surface area contributed by atoms with Crippen molar-refractivity contribution >= 4 is 28.2 Å². The molecule has 1 atom stereocenters. The molecule has 2 aliphatic heterocycles. The summed E-state index contributed by atoms with van der Waals surface area (Å²) < 4.78 is 0. The van der Waals surface area contributed by atoms with Gasteiger partial charge >= 0.3 is 0 Å². The largest absolute Gasteiger partial charge is 0.342 e. The molecule has 0 aliphatic carbocycles. The molecule has 0 radical (unpaired) electrons. The fraction of sp³-hybridized carbons (Fsp3) is 0.600. The van der Waals surface area contributed by atoms with Crippen molar-refractivity contribution in [2.75, 3.05) is 38.0 Å². The summed E-state index contributed by atoms with van der Waals surface area (Å²) in [5.74, 6) is 1.45. The third-order valence-electron chi connectivity index (χ3n) is 5.52. The Hall–Kier alpha value is -2.06. The number of piperidine rings is 1. The second kappa shape index (κ2) is 8.96. The van der Waals surface area contributed by atoms with Gasteiger partial charge in [0.25, 0.3) is 0 Å². The van der Waals surface area contributed by atoms with Crippen LogP contribution in [-0.2, 0) is 11.2 Å². The summed E-state index contributed by atoms with van der Waals surface area (Å²) in [6.45, 7) is 6.37. The van der Waals surface area contributed by atoms with E-state index in [2.05, 4.69) is 33.4 Å². The van der Waals surface area contributed by atoms with Crippen LogP contribution in [0.25, 0.3) is 0 Å². The number of amides is 1. The number of hydrogen-bond donors (Lipinski definition) is 1. The Morgan fingerprint density at radius 3 is 2.86 bits per heavy atom. The average Bonchev–Trinajstić information content (AvgIpc) is 3.40. The number of nitrogens with zero attached hydrogens (tertiary/aromatic N) is 5. The highest BCUT2D eigenvalue weighted by Crippen LogP contribution is 2.27. The molecule has 1 amide bonds. The topological polar surface area (TPSA) is 74.2 Å². The fourth-order valence-electron chi connectivity index (χ4n) is 4.00. The number of carbonyl (C=O) groups excluding carboxylic acids is 1. The second-order valence-electron chi connectivity index (χ2n) is 7.59. The first-order valence-electron chi connectivity index (χ1n) is 10.3. The Kier molecular flexibility index (Phi) is 6.17. The van der Waals surface area contributed by atoms with Gasteiger partial charge < -0.3 is 10.2 Å². The van der Waals surface area contributed by atoms with Crippen molar-refractivity contribution in [1.82, 2.24) is 25.0 Å². The number of carbonyl (C=O) groups is 1. The van der Waals surface area contributed by atoms with Crippen molar-refractivity contribution in [2.24, 2.45) is 0 Å². The zero-order chi connectivity index (χ0) is 19.3. The van der Waals surface area contributed by atoms with Crippen molar-refractivity contribution in [2.45, 2.75) is 44.9 Å². The van der Waals surface area contributed by atoms with Crippen molar-refractivity contribution in [3.05, 3.63) is 28.9 Å². The van der Waals surface area contributed by atoms with Crippen molar-refractivity contribution in [1.29, 1.82) is 0 Å². The van der Waals surface area contributed by atoms with Crippen LogP contribution in [0.4, 0.5) is 10.9 Å². The van der Waals surface area contributed by atoms with E-state index < -0.39 is 0 Å². The number of aryl methyl sites for hydroxylation is 1. The summed E-state index contributed by atoms with van der Waals surface area (Å²) in [5.41, 5.74) is 1.09. The van der Waals surface area contributed by atoms with E-state index >= 15 is 0 Å². The molecule has 1 N–H and O–H groups in total. The van der Waals surface area contributed by atoms with Gasteiger partial charge in [0.05, 0.1) is 6.54 Å². The van der Waals surface area contributed by atoms with E-state index in [1.807, 2.05) is 17.0 Å². The molecule has 0 unspecified atom stereocenters. The Morgan fingerprint density at radius 2 is 2.07 bits per heavy atom. The molecule has 150 valence electrons. The standard InChI is InChI=1S/C20H28N6OS/c1-2-18-23-24-20(28-18)22-17-9-5-8-16(21-17)15-7-6-10-25(13-15)14-19(27)26-11-3-4-12-26/h5,8-9,15H,2-4,6-7,10-14H2,1H3,(H,21,22,24)/t15-/m0/s1. The fourth-order valence-corrected chi connectivity index (χ4v) is 4.69. The van der Waals surface area contributed by atoms with Crippen LogP contribution in [0.2, 0.25) is 0 Å². The molecule has 2 aromatic heterocycles. The van der Waals surface area contributed by atoms with Crippen LogP contribution >= 0.6 is 11.3 Å². The zero-order valence-corrected chi connectivity index (χ0v) is 17.2. The molecule has 0 spiro atoms. The monoisotopic (exact) mass is 400 g/mol. The molecule has 2 aromatic rings. The predicted octanol–water partition coefficient (Wildman–Crippen LogP) is 3.04. The summed E-state index contributed by atoms with van der Waals surface area (Å²) in [4.78, 5) is 21.6. The number of anilines is 2. The Balaban J connectivity index is 1.38. The van der Waals surface area contributed by atoms with Crippen LogP contribution in [0.15, 0.2) is 18.2 Å². The molecule has 0 saturated carbocycles. The smallest absolute Gasteiger partial charge is 0.236 e. The van der Waals surface area contributed by atoms with E-state index in [1.54, 1.807) is 11.3 Å². The second-order valence-corrected chi connectivity index (χ2v) is 8.65. The lowest BCUT2D eigenvalue weighted by atomic mass is 9.94. The summed E-state index contributed by atoms with van der Waals surface area (Å²) in [6, 6.07) is 6.11. The van der Waals surface area contributed by atoms with Crippen molar-refractivity contribution < 1.29 is 4.79 Å². The van der Waals surface area contributed by atoms with Crippen LogP contribution in [0.3, 0.4) is 0 Å². The minimum atomic E-state index is 0.282. The lowest BCUT2D eigenvalue weighted by molar-refractivity contribution is -0.131. The minimum absolute atomic E-state index is 0.282. The van der Waals surface area contributed by atoms with Gasteiger partial charge in [-0.1, -0.05) is 24.3 Å². The lowest BCUT2D eigenvalue weighted by Crippen LogP contribution is -2.43. The van der Waals surface area contributed by atoms with E-state index in [4.69, 9.17) is 4.98 Å². The number of rotatable bonds is 6. The number of nitrogens with one attached hydrogen (secondary N) is 1. The molecule has 8 heteroatoms. The Labute approximate surface area is 170 Å². The molecule has 0 aromatic carbocycles. The normalized spacial score (nSPS) is 20.5. The Morgan fingerprint density at radius 1 is 1.21 bits per heavy atom. The van der Waals surface area contributed by atoms with E-state index in [9.17, 15) is 4.79 Å². The predicted molar refractivity (Wildman–Crippen MR) is 111 cm³/mol. The molecule has 4 heterocycles. The Bertz CT molecular complexity index is 803. The van der Waals surface area contributed by atoms with Gasteiger partial charge in [-0.25, -0.2) is 4.98 Å². The maximum atomic E-state index is 12.5. The number of pyridine rings is 1. The molecule has 28 heavy (non-hydrogen) atoms. The first-order valence-corrected chi connectivity index (χ1v) is 11.1. The van der Waals surface area contributed by atoms with Gasteiger partial charge in [0, 0.05) is 31.2 Å². The first kappa shape index (κ1) is 19.3. The lowest BCUT2D eigenvalue weighted by Gasteiger charge is -2.33. The highest BCUT2D eigenvalue weighted by atomic mass is 32.1. The quantitative estimate of drug-likeness (QED) is 0.803. The van der Waals surface area contributed by atoms with Gasteiger partial charge in [-0.3, -0.25) is 9.69 Å². The van der Waals surface area contributed by atoms with Gasteiger partial charge in [-0.05, 0) is 50.8 Å². The number of aromatic nitrogens is 3. The maximum absolute atomic E-state index is 12.5. The first-order chi connectivity index (χ1) is 13.7. The molecule has 7 nitrogen and oxygen atoms in total. The average molecular weight is 401 g/mol. The van der Waals surface area contributed by atoms with Gasteiger partial charge in [0.15, 0.2) is 0 Å². The number of likely N-dealkylation sites (tertiary alicyclic amines) is 2. The van der Waals surface area contributed by atoms with Crippen LogP contribution in [0.1, 0.15) is 49.2 Å². The molecule has 2 aliphatic rings. The molecule has 0 bridgehead atoms. The van der Waals surface area contributed by atoms with Gasteiger partial charge in [0.1, 0.15) is 10.8 Å². The molecule has 4 rings (SSSR count). The van der Waals surface area contributed by atoms with Crippen LogP contribution in [0.5, 0.6) is 0 Å². The summed E-state index contributed by atoms with van der Waals surface area (Å²) in [7, 11) is 0.